The van der Waals surface area contributed by atoms with Crippen LogP contribution in [-0.2, 0) is 22.7 Å². The van der Waals surface area contributed by atoms with E-state index in [0.29, 0.717) is 19.4 Å². The van der Waals surface area contributed by atoms with Crippen LogP contribution in [0.15, 0.2) is 42.5 Å². The normalized spacial score (nSPS) is 18.0. The van der Waals surface area contributed by atoms with E-state index in [2.05, 4.69) is 24.3 Å². The largest absolute Gasteiger partial charge is 0.497 e. The number of fused-ring (bicyclic) bond motifs is 1. The number of ether oxygens (including phenoxy) is 2. The Morgan fingerprint density at radius 2 is 1.77 bits per heavy atom. The molecule has 7 heteroatoms. The van der Waals surface area contributed by atoms with Crippen LogP contribution in [0.3, 0.4) is 0 Å². The second-order valence-corrected chi connectivity index (χ2v) is 10.4. The molecule has 0 spiro atoms. The second kappa shape index (κ2) is 11.7. The topological polar surface area (TPSA) is 78.6 Å². The van der Waals surface area contributed by atoms with Gasteiger partial charge in [-0.15, -0.1) is 12.4 Å². The number of hydrogen-bond acceptors (Lipinski definition) is 5. The van der Waals surface area contributed by atoms with Gasteiger partial charge < -0.3 is 15.2 Å². The molecule has 0 heterocycles. The van der Waals surface area contributed by atoms with Crippen LogP contribution in [-0.4, -0.2) is 39.7 Å². The van der Waals surface area contributed by atoms with E-state index >= 15 is 0 Å². The molecule has 0 saturated carbocycles. The predicted octanol–water partition coefficient (Wildman–Crippen LogP) is 4.31. The molecule has 2 atom stereocenters. The first kappa shape index (κ1) is 25.5. The van der Waals surface area contributed by atoms with Crippen LogP contribution in [0, 0.1) is 0 Å². The van der Waals surface area contributed by atoms with Gasteiger partial charge in [0, 0.05) is 17.7 Å². The molecule has 0 bridgehead atoms. The maximum atomic E-state index is 11.8. The minimum absolute atomic E-state index is 0. The first-order chi connectivity index (χ1) is 14.4. The van der Waals surface area contributed by atoms with Crippen molar-refractivity contribution in [1.29, 1.82) is 0 Å². The van der Waals surface area contributed by atoms with E-state index in [1.807, 2.05) is 25.1 Å². The van der Waals surface area contributed by atoms with Gasteiger partial charge in [-0.3, -0.25) is 0 Å². The summed E-state index contributed by atoms with van der Waals surface area (Å²) in [6.07, 6.45) is 3.99. The van der Waals surface area contributed by atoms with Gasteiger partial charge in [-0.1, -0.05) is 25.1 Å². The van der Waals surface area contributed by atoms with Crippen molar-refractivity contribution in [3.8, 4) is 11.5 Å². The van der Waals surface area contributed by atoms with Crippen LogP contribution in [0.5, 0.6) is 11.5 Å². The number of hydrogen-bond donors (Lipinski definition) is 1. The molecule has 0 aromatic heterocycles. The minimum atomic E-state index is -2.96. The predicted molar refractivity (Wildman–Crippen MR) is 128 cm³/mol. The molecular formula is C24H34ClNO4S. The Kier molecular flexibility index (Phi) is 9.66. The Balaban J connectivity index is 0.00000341. The van der Waals surface area contributed by atoms with Gasteiger partial charge in [0.05, 0.1) is 19.5 Å². The quantitative estimate of drug-likeness (QED) is 0.526. The minimum Gasteiger partial charge on any atom is -0.497 e. The summed E-state index contributed by atoms with van der Waals surface area (Å²) < 4.78 is 34.8. The lowest BCUT2D eigenvalue weighted by Crippen LogP contribution is -2.34. The lowest BCUT2D eigenvalue weighted by Gasteiger charge is -2.32. The van der Waals surface area contributed by atoms with Crippen molar-refractivity contribution in [2.24, 2.45) is 5.73 Å². The van der Waals surface area contributed by atoms with Gasteiger partial charge >= 0.3 is 0 Å². The molecular weight excluding hydrogens is 434 g/mol. The van der Waals surface area contributed by atoms with E-state index in [-0.39, 0.29) is 35.9 Å². The first-order valence-corrected chi connectivity index (χ1v) is 12.6. The highest BCUT2D eigenvalue weighted by Crippen LogP contribution is 2.36. The lowest BCUT2D eigenvalue weighted by atomic mass is 9.76. The smallest absolute Gasteiger partial charge is 0.150 e. The van der Waals surface area contributed by atoms with Crippen LogP contribution in [0.25, 0.3) is 0 Å². The SMILES string of the molecule is CCCS(=O)(=O)CCCOc1ccc2c(c1)C(Cc1ccc(OC)cc1)C(N)CC2.Cl. The molecule has 0 amide bonds. The van der Waals surface area contributed by atoms with Gasteiger partial charge in [-0.2, -0.15) is 0 Å². The highest BCUT2D eigenvalue weighted by Gasteiger charge is 2.27. The van der Waals surface area contributed by atoms with Gasteiger partial charge in [0.1, 0.15) is 21.3 Å². The highest BCUT2D eigenvalue weighted by molar-refractivity contribution is 7.91. The fourth-order valence-corrected chi connectivity index (χ4v) is 5.53. The van der Waals surface area contributed by atoms with E-state index in [1.165, 1.54) is 16.7 Å². The van der Waals surface area contributed by atoms with Crippen molar-refractivity contribution in [3.05, 3.63) is 59.2 Å². The van der Waals surface area contributed by atoms with Crippen molar-refractivity contribution < 1.29 is 17.9 Å². The van der Waals surface area contributed by atoms with Crippen LogP contribution in [0.2, 0.25) is 0 Å². The third kappa shape index (κ3) is 7.13. The van der Waals surface area contributed by atoms with Crippen molar-refractivity contribution in [3.63, 3.8) is 0 Å². The average Bonchev–Trinajstić information content (AvgIpc) is 2.74. The van der Waals surface area contributed by atoms with Gasteiger partial charge in [0.15, 0.2) is 0 Å². The molecule has 172 valence electrons. The number of methoxy groups -OCH3 is 1. The lowest BCUT2D eigenvalue weighted by molar-refractivity contribution is 0.316. The van der Waals surface area contributed by atoms with Crippen LogP contribution in [0.4, 0.5) is 0 Å². The zero-order valence-corrected chi connectivity index (χ0v) is 20.0. The number of rotatable bonds is 10. The summed E-state index contributed by atoms with van der Waals surface area (Å²) in [6, 6.07) is 14.5. The van der Waals surface area contributed by atoms with Crippen LogP contribution in [0.1, 0.15) is 48.8 Å². The average molecular weight is 468 g/mol. The summed E-state index contributed by atoms with van der Waals surface area (Å²) in [5.41, 5.74) is 10.3. The summed E-state index contributed by atoms with van der Waals surface area (Å²) in [7, 11) is -1.29. The summed E-state index contributed by atoms with van der Waals surface area (Å²) in [5.74, 6) is 2.29. The molecule has 0 fully saturated rings. The molecule has 1 aliphatic carbocycles. The molecule has 2 aromatic rings. The zero-order chi connectivity index (χ0) is 21.6. The van der Waals surface area contributed by atoms with Crippen molar-refractivity contribution in [2.45, 2.75) is 51.0 Å². The fraction of sp³-hybridized carbons (Fsp3) is 0.500. The molecule has 0 aliphatic heterocycles. The molecule has 1 aliphatic rings. The molecule has 2 unspecified atom stereocenters. The van der Waals surface area contributed by atoms with Crippen LogP contribution < -0.4 is 15.2 Å². The van der Waals surface area contributed by atoms with E-state index in [4.69, 9.17) is 15.2 Å². The summed E-state index contributed by atoms with van der Waals surface area (Å²) in [5, 5.41) is 0. The summed E-state index contributed by atoms with van der Waals surface area (Å²) in [4.78, 5) is 0. The van der Waals surface area contributed by atoms with E-state index in [0.717, 1.165) is 30.8 Å². The second-order valence-electron chi connectivity index (χ2n) is 8.08. The van der Waals surface area contributed by atoms with Gasteiger partial charge in [0.25, 0.3) is 0 Å². The van der Waals surface area contributed by atoms with E-state index in [9.17, 15) is 8.42 Å². The molecule has 0 saturated heterocycles. The first-order valence-electron chi connectivity index (χ1n) is 10.8. The Labute approximate surface area is 192 Å². The highest BCUT2D eigenvalue weighted by atomic mass is 35.5. The van der Waals surface area contributed by atoms with Crippen molar-refractivity contribution >= 4 is 22.2 Å². The molecule has 5 nitrogen and oxygen atoms in total. The van der Waals surface area contributed by atoms with Crippen molar-refractivity contribution in [1.82, 2.24) is 0 Å². The third-order valence-corrected chi connectivity index (χ3v) is 7.72. The zero-order valence-electron chi connectivity index (χ0n) is 18.4. The van der Waals surface area contributed by atoms with E-state index in [1.54, 1.807) is 7.11 Å². The number of nitrogens with two attached hydrogens (primary N) is 1. The molecule has 31 heavy (non-hydrogen) atoms. The number of sulfone groups is 1. The van der Waals surface area contributed by atoms with Crippen molar-refractivity contribution in [2.75, 3.05) is 25.2 Å². The molecule has 2 N–H and O–H groups in total. The van der Waals surface area contributed by atoms with Gasteiger partial charge in [-0.05, 0) is 73.1 Å². The maximum Gasteiger partial charge on any atom is 0.150 e. The number of aryl methyl sites for hydroxylation is 1. The molecule has 0 radical (unpaired) electrons. The Morgan fingerprint density at radius 1 is 1.06 bits per heavy atom. The standard InChI is InChI=1S/C24H33NO4S.ClH/c1-3-14-30(26,27)15-4-13-29-21-11-7-19-8-12-24(25)23(22(19)17-21)16-18-5-9-20(28-2)10-6-18;/h5-7,9-11,17,23-24H,3-4,8,12-16,25H2,1-2H3;1H. The third-order valence-electron chi connectivity index (χ3n) is 5.78. The Bertz CT molecular complexity index is 931. The summed E-state index contributed by atoms with van der Waals surface area (Å²) >= 11 is 0. The number of benzene rings is 2. The molecule has 3 rings (SSSR count). The van der Waals surface area contributed by atoms with Crippen LogP contribution >= 0.6 is 12.4 Å². The summed E-state index contributed by atoms with van der Waals surface area (Å²) in [6.45, 7) is 2.28. The number of halogens is 1. The van der Waals surface area contributed by atoms with Gasteiger partial charge in [-0.25, -0.2) is 8.42 Å². The maximum absolute atomic E-state index is 11.8. The Morgan fingerprint density at radius 3 is 2.45 bits per heavy atom. The monoisotopic (exact) mass is 467 g/mol. The van der Waals surface area contributed by atoms with E-state index < -0.39 is 9.84 Å². The van der Waals surface area contributed by atoms with Gasteiger partial charge in [0.2, 0.25) is 0 Å². The Hall–Kier alpha value is -1.76. The molecule has 2 aromatic carbocycles. The fourth-order valence-electron chi connectivity index (χ4n) is 4.15.